The second kappa shape index (κ2) is 7.42. The number of nitrogens with zero attached hydrogens (tertiary/aromatic N) is 4. The summed E-state index contributed by atoms with van der Waals surface area (Å²) in [4.78, 5) is 11.2. The highest BCUT2D eigenvalue weighted by atomic mass is 19.1. The third-order valence-electron chi connectivity index (χ3n) is 5.88. The number of anilines is 2. The van der Waals surface area contributed by atoms with Gasteiger partial charge in [0.25, 0.3) is 0 Å². The monoisotopic (exact) mass is 424 g/mol. The third kappa shape index (κ3) is 3.25. The number of fused-ring (bicyclic) bond motifs is 3. The van der Waals surface area contributed by atoms with Gasteiger partial charge in [-0.1, -0.05) is 13.0 Å². The van der Waals surface area contributed by atoms with Crippen molar-refractivity contribution < 1.29 is 13.9 Å². The van der Waals surface area contributed by atoms with E-state index in [2.05, 4.69) is 37.3 Å². The van der Waals surface area contributed by atoms with Gasteiger partial charge >= 0.3 is 0 Å². The zero-order valence-electron chi connectivity index (χ0n) is 17.2. The van der Waals surface area contributed by atoms with Crippen molar-refractivity contribution in [2.24, 2.45) is 10.9 Å². The van der Waals surface area contributed by atoms with Gasteiger partial charge in [0.05, 0.1) is 41.5 Å². The number of hydrogen-bond donors (Lipinski definition) is 3. The summed E-state index contributed by atoms with van der Waals surface area (Å²) in [5.41, 5.74) is 2.82. The van der Waals surface area contributed by atoms with E-state index in [1.807, 2.05) is 6.07 Å². The molecule has 0 bridgehead atoms. The summed E-state index contributed by atoms with van der Waals surface area (Å²) in [6, 6.07) is 5.61. The smallest absolute Gasteiger partial charge is 0.144 e. The van der Waals surface area contributed by atoms with Crippen LogP contribution in [0.3, 0.4) is 0 Å². The molecule has 2 aromatic heterocycles. The van der Waals surface area contributed by atoms with E-state index in [1.165, 1.54) is 18.2 Å². The molecule has 2 aliphatic rings. The Bertz CT molecular complexity index is 1170. The molecule has 3 aromatic rings. The molecule has 160 valence electrons. The highest BCUT2D eigenvalue weighted by Crippen LogP contribution is 2.41. The highest BCUT2D eigenvalue weighted by molar-refractivity contribution is 6.13. The van der Waals surface area contributed by atoms with Crippen LogP contribution in [0.5, 0.6) is 0 Å². The Hall–Kier alpha value is -3.33. The Balaban J connectivity index is 1.64. The number of aromatic nitrogens is 3. The van der Waals surface area contributed by atoms with Crippen molar-refractivity contribution in [1.29, 1.82) is 0 Å². The number of H-pyrrole nitrogens is 1. The molecule has 0 aliphatic carbocycles. The largest absolute Gasteiger partial charge is 0.394 e. The van der Waals surface area contributed by atoms with E-state index >= 15 is 0 Å². The second-order valence-electron chi connectivity index (χ2n) is 8.13. The van der Waals surface area contributed by atoms with Crippen LogP contribution in [0.15, 0.2) is 35.5 Å². The maximum absolute atomic E-state index is 14.5. The fourth-order valence-corrected chi connectivity index (χ4v) is 4.37. The lowest BCUT2D eigenvalue weighted by Crippen LogP contribution is -2.32. The van der Waals surface area contributed by atoms with E-state index in [1.54, 1.807) is 13.1 Å². The maximum Gasteiger partial charge on any atom is 0.144 e. The van der Waals surface area contributed by atoms with Gasteiger partial charge in [0.15, 0.2) is 0 Å². The Labute approximate surface area is 177 Å². The lowest BCUT2D eigenvalue weighted by Gasteiger charge is -2.25. The van der Waals surface area contributed by atoms with Crippen molar-refractivity contribution in [2.75, 3.05) is 23.4 Å². The van der Waals surface area contributed by atoms with Crippen LogP contribution in [-0.4, -0.2) is 45.3 Å². The number of hydrogen-bond acceptors (Lipinski definition) is 6. The fourth-order valence-electron chi connectivity index (χ4n) is 4.37. The zero-order valence-corrected chi connectivity index (χ0v) is 17.2. The number of aryl methyl sites for hydroxylation is 1. The number of rotatable bonds is 3. The molecular weight excluding hydrogens is 402 g/mol. The molecule has 0 amide bonds. The molecule has 7 nitrogen and oxygen atoms in total. The quantitative estimate of drug-likeness (QED) is 0.596. The van der Waals surface area contributed by atoms with Gasteiger partial charge in [-0.25, -0.2) is 18.8 Å². The van der Waals surface area contributed by atoms with Crippen LogP contribution in [0.1, 0.15) is 24.6 Å². The zero-order chi connectivity index (χ0) is 21.7. The number of aromatic amines is 1. The highest BCUT2D eigenvalue weighted by Gasteiger charge is 2.31. The summed E-state index contributed by atoms with van der Waals surface area (Å²) in [5, 5.41) is 20.1. The van der Waals surface area contributed by atoms with Crippen LogP contribution >= 0.6 is 0 Å². The number of aliphatic hydroxyl groups excluding tert-OH is 1. The molecule has 31 heavy (non-hydrogen) atoms. The van der Waals surface area contributed by atoms with Crippen molar-refractivity contribution in [1.82, 2.24) is 15.2 Å². The van der Waals surface area contributed by atoms with Crippen LogP contribution in [0.4, 0.5) is 26.0 Å². The van der Waals surface area contributed by atoms with E-state index in [0.717, 1.165) is 24.3 Å². The topological polar surface area (TPSA) is 89.4 Å². The molecule has 0 spiro atoms. The Morgan fingerprint density at radius 1 is 1.26 bits per heavy atom. The Kier molecular flexibility index (Phi) is 4.70. The molecule has 3 N–H and O–H groups in total. The number of pyridine rings is 1. The van der Waals surface area contributed by atoms with Gasteiger partial charge in [-0.05, 0) is 37.5 Å². The molecule has 9 heteroatoms. The molecule has 4 heterocycles. The first-order valence-corrected chi connectivity index (χ1v) is 10.2. The predicted molar refractivity (Wildman–Crippen MR) is 115 cm³/mol. The summed E-state index contributed by atoms with van der Waals surface area (Å²) in [6.07, 6.45) is 2.52. The van der Waals surface area contributed by atoms with Gasteiger partial charge in [-0.3, -0.25) is 5.10 Å². The minimum absolute atomic E-state index is 0.00146. The van der Waals surface area contributed by atoms with E-state index in [0.29, 0.717) is 28.7 Å². The van der Waals surface area contributed by atoms with Gasteiger partial charge in [0, 0.05) is 12.1 Å². The lowest BCUT2D eigenvalue weighted by molar-refractivity contribution is 0.263. The van der Waals surface area contributed by atoms with Crippen molar-refractivity contribution in [3.63, 3.8) is 0 Å². The van der Waals surface area contributed by atoms with Gasteiger partial charge in [0.2, 0.25) is 0 Å². The van der Waals surface area contributed by atoms with Crippen molar-refractivity contribution in [2.45, 2.75) is 26.3 Å². The Morgan fingerprint density at radius 3 is 2.77 bits per heavy atom. The van der Waals surface area contributed by atoms with E-state index in [-0.39, 0.29) is 24.0 Å². The Morgan fingerprint density at radius 2 is 2.03 bits per heavy atom. The van der Waals surface area contributed by atoms with Crippen LogP contribution in [0.25, 0.3) is 11.3 Å². The van der Waals surface area contributed by atoms with Crippen molar-refractivity contribution in [3.05, 3.63) is 53.4 Å². The average molecular weight is 424 g/mol. The summed E-state index contributed by atoms with van der Waals surface area (Å²) in [6.45, 7) is 4.77. The number of aliphatic imine (C=N–C) groups is 1. The van der Waals surface area contributed by atoms with Crippen LogP contribution in [0, 0.1) is 24.5 Å². The maximum atomic E-state index is 14.5. The number of nitrogens with one attached hydrogen (secondary N) is 2. The summed E-state index contributed by atoms with van der Waals surface area (Å²) in [7, 11) is 0. The average Bonchev–Trinajstić information content (AvgIpc) is 3.25. The number of amidine groups is 1. The van der Waals surface area contributed by atoms with Gasteiger partial charge in [-0.15, -0.1) is 0 Å². The van der Waals surface area contributed by atoms with Crippen LogP contribution < -0.4 is 10.2 Å². The van der Waals surface area contributed by atoms with Gasteiger partial charge < -0.3 is 15.3 Å². The first-order chi connectivity index (χ1) is 15.0. The van der Waals surface area contributed by atoms with E-state index < -0.39 is 11.6 Å². The summed E-state index contributed by atoms with van der Waals surface area (Å²) < 4.78 is 29.0. The summed E-state index contributed by atoms with van der Waals surface area (Å²) in [5.74, 6) is -0.196. The standard InChI is InChI=1S/C22H22F2N6O/c1-11-6-13(10-31)30(9-11)18-7-14-17(8-25-18)26-22(19-15(23)4-3-5-16(19)24)27-20-12(2)28-29-21(14)20/h3-5,7-8,11,13,31H,6,9-10H2,1-2H3,(H,26,27)(H,28,29)/t11-,13+/m1/s1. The molecule has 2 atom stereocenters. The fraction of sp³-hybridized carbons (Fsp3) is 0.318. The molecule has 1 saturated heterocycles. The molecule has 5 rings (SSSR count). The number of benzene rings is 1. The molecular formula is C22H22F2N6O. The first kappa shape index (κ1) is 19.6. The molecule has 0 unspecified atom stereocenters. The molecule has 2 aliphatic heterocycles. The van der Waals surface area contributed by atoms with E-state index in [9.17, 15) is 13.9 Å². The SMILES string of the molecule is Cc1n[nH]c2c1N=C(c1c(F)cccc1F)Nc1cnc(N3C[C@H](C)C[C@H]3CO)cc1-2. The molecule has 1 fully saturated rings. The van der Waals surface area contributed by atoms with Gasteiger partial charge in [-0.2, -0.15) is 5.10 Å². The number of halogens is 2. The summed E-state index contributed by atoms with van der Waals surface area (Å²) >= 11 is 0. The normalized spacial score (nSPS) is 20.0. The van der Waals surface area contributed by atoms with E-state index in [4.69, 9.17) is 0 Å². The second-order valence-corrected chi connectivity index (χ2v) is 8.13. The van der Waals surface area contributed by atoms with Crippen molar-refractivity contribution >= 4 is 23.0 Å². The first-order valence-electron chi connectivity index (χ1n) is 10.2. The van der Waals surface area contributed by atoms with Crippen LogP contribution in [-0.2, 0) is 0 Å². The van der Waals surface area contributed by atoms with Crippen molar-refractivity contribution in [3.8, 4) is 11.3 Å². The minimum Gasteiger partial charge on any atom is -0.394 e. The van der Waals surface area contributed by atoms with Crippen LogP contribution in [0.2, 0.25) is 0 Å². The minimum atomic E-state index is -0.709. The predicted octanol–water partition coefficient (Wildman–Crippen LogP) is 3.77. The molecule has 1 aromatic carbocycles. The molecule has 0 saturated carbocycles. The lowest BCUT2D eigenvalue weighted by atomic mass is 10.1. The number of aliphatic hydroxyl groups is 1. The molecule has 0 radical (unpaired) electrons. The third-order valence-corrected chi connectivity index (χ3v) is 5.88. The van der Waals surface area contributed by atoms with Gasteiger partial charge in [0.1, 0.15) is 29.0 Å².